The number of rotatable bonds is 6. The minimum atomic E-state index is 1.25. The molecule has 0 spiro atoms. The van der Waals surface area contributed by atoms with E-state index in [1.807, 2.05) is 23.5 Å². The third kappa shape index (κ3) is 5.27. The molecule has 72 valence electrons. The molecule has 0 fully saturated rings. The van der Waals surface area contributed by atoms with E-state index in [9.17, 15) is 0 Å². The van der Waals surface area contributed by atoms with Crippen molar-refractivity contribution in [3.05, 3.63) is 30.3 Å². The molecular formula is C11H16S2. The Morgan fingerprint density at radius 3 is 2.54 bits per heavy atom. The lowest BCUT2D eigenvalue weighted by atomic mass is 10.4. The van der Waals surface area contributed by atoms with Gasteiger partial charge in [-0.25, -0.2) is 0 Å². The fourth-order valence-corrected chi connectivity index (χ4v) is 2.71. The number of benzene rings is 1. The minimum absolute atomic E-state index is 1.25. The van der Waals surface area contributed by atoms with E-state index >= 15 is 0 Å². The fourth-order valence-electron chi connectivity index (χ4n) is 1.01. The van der Waals surface area contributed by atoms with Crippen molar-refractivity contribution in [3.8, 4) is 0 Å². The minimum Gasteiger partial charge on any atom is -0.162 e. The quantitative estimate of drug-likeness (QED) is 0.518. The van der Waals surface area contributed by atoms with E-state index in [0.717, 1.165) is 0 Å². The van der Waals surface area contributed by atoms with Crippen molar-refractivity contribution < 1.29 is 0 Å². The molecule has 0 atom stereocenters. The van der Waals surface area contributed by atoms with E-state index in [1.165, 1.54) is 28.6 Å². The molecule has 0 aliphatic heterocycles. The van der Waals surface area contributed by atoms with E-state index < -0.39 is 0 Å². The maximum absolute atomic E-state index is 2.22. The summed E-state index contributed by atoms with van der Waals surface area (Å²) in [6, 6.07) is 10.6. The number of hydrogen-bond acceptors (Lipinski definition) is 2. The lowest BCUT2D eigenvalue weighted by molar-refractivity contribution is 1.12. The lowest BCUT2D eigenvalue weighted by Crippen LogP contribution is -1.84. The SMILES string of the molecule is CCSCCCSc1ccccc1. The molecule has 0 radical (unpaired) electrons. The largest absolute Gasteiger partial charge is 0.162 e. The molecule has 0 nitrogen and oxygen atoms in total. The van der Waals surface area contributed by atoms with Gasteiger partial charge in [-0.2, -0.15) is 11.8 Å². The van der Waals surface area contributed by atoms with Crippen LogP contribution in [0.15, 0.2) is 35.2 Å². The molecule has 2 heteroatoms. The van der Waals surface area contributed by atoms with Crippen LogP contribution in [0.25, 0.3) is 0 Å². The van der Waals surface area contributed by atoms with Gasteiger partial charge in [0.25, 0.3) is 0 Å². The maximum atomic E-state index is 2.22. The van der Waals surface area contributed by atoms with E-state index in [4.69, 9.17) is 0 Å². The van der Waals surface area contributed by atoms with Crippen molar-refractivity contribution >= 4 is 23.5 Å². The molecule has 0 bridgehead atoms. The van der Waals surface area contributed by atoms with Crippen LogP contribution >= 0.6 is 23.5 Å². The summed E-state index contributed by atoms with van der Waals surface area (Å²) in [5.41, 5.74) is 0. The first-order valence-corrected chi connectivity index (χ1v) is 6.83. The van der Waals surface area contributed by atoms with Crippen molar-refractivity contribution in [1.82, 2.24) is 0 Å². The third-order valence-electron chi connectivity index (χ3n) is 1.65. The molecular weight excluding hydrogens is 196 g/mol. The van der Waals surface area contributed by atoms with Gasteiger partial charge in [-0.1, -0.05) is 25.1 Å². The standard InChI is InChI=1S/C11H16S2/c1-2-12-9-6-10-13-11-7-4-3-5-8-11/h3-5,7-8H,2,6,9-10H2,1H3. The Morgan fingerprint density at radius 1 is 1.08 bits per heavy atom. The Kier molecular flexibility index (Phi) is 6.21. The monoisotopic (exact) mass is 212 g/mol. The zero-order valence-electron chi connectivity index (χ0n) is 8.03. The summed E-state index contributed by atoms with van der Waals surface area (Å²) < 4.78 is 0. The summed E-state index contributed by atoms with van der Waals surface area (Å²) in [5.74, 6) is 3.79. The molecule has 0 unspecified atom stereocenters. The van der Waals surface area contributed by atoms with Gasteiger partial charge in [0.05, 0.1) is 0 Å². The van der Waals surface area contributed by atoms with Gasteiger partial charge in [0.15, 0.2) is 0 Å². The molecule has 0 aromatic heterocycles. The molecule has 0 heterocycles. The summed E-state index contributed by atoms with van der Waals surface area (Å²) in [6.45, 7) is 2.22. The Labute approximate surface area is 89.5 Å². The van der Waals surface area contributed by atoms with E-state index in [-0.39, 0.29) is 0 Å². The molecule has 13 heavy (non-hydrogen) atoms. The predicted molar refractivity (Wildman–Crippen MR) is 64.8 cm³/mol. The number of thioether (sulfide) groups is 2. The first kappa shape index (κ1) is 11.0. The Hall–Kier alpha value is -0.0800. The zero-order valence-corrected chi connectivity index (χ0v) is 9.66. The van der Waals surface area contributed by atoms with Crippen LogP contribution in [0.1, 0.15) is 13.3 Å². The summed E-state index contributed by atoms with van der Waals surface area (Å²) in [4.78, 5) is 1.39. The van der Waals surface area contributed by atoms with Gasteiger partial charge in [0, 0.05) is 4.90 Å². The summed E-state index contributed by atoms with van der Waals surface area (Å²) in [7, 11) is 0. The van der Waals surface area contributed by atoms with Crippen molar-refractivity contribution in [3.63, 3.8) is 0 Å². The van der Waals surface area contributed by atoms with Gasteiger partial charge in [0.2, 0.25) is 0 Å². The molecule has 0 aliphatic carbocycles. The maximum Gasteiger partial charge on any atom is 0.00719 e. The first-order chi connectivity index (χ1) is 6.43. The summed E-state index contributed by atoms with van der Waals surface area (Å²) in [5, 5.41) is 0. The second-order valence-electron chi connectivity index (χ2n) is 2.71. The van der Waals surface area contributed by atoms with Gasteiger partial charge < -0.3 is 0 Å². The van der Waals surface area contributed by atoms with Crippen LogP contribution in [-0.2, 0) is 0 Å². The van der Waals surface area contributed by atoms with Crippen molar-refractivity contribution in [2.45, 2.75) is 18.2 Å². The van der Waals surface area contributed by atoms with Crippen molar-refractivity contribution in [1.29, 1.82) is 0 Å². The highest BCUT2D eigenvalue weighted by molar-refractivity contribution is 8.00. The summed E-state index contributed by atoms with van der Waals surface area (Å²) in [6.07, 6.45) is 1.32. The van der Waals surface area contributed by atoms with Crippen LogP contribution in [0, 0.1) is 0 Å². The van der Waals surface area contributed by atoms with Crippen LogP contribution in [-0.4, -0.2) is 17.3 Å². The van der Waals surface area contributed by atoms with Crippen molar-refractivity contribution in [2.24, 2.45) is 0 Å². The average Bonchev–Trinajstić information content (AvgIpc) is 2.19. The average molecular weight is 212 g/mol. The third-order valence-corrected chi connectivity index (χ3v) is 3.73. The first-order valence-electron chi connectivity index (χ1n) is 4.69. The van der Waals surface area contributed by atoms with Crippen LogP contribution in [0.4, 0.5) is 0 Å². The van der Waals surface area contributed by atoms with Gasteiger partial charge in [-0.3, -0.25) is 0 Å². The van der Waals surface area contributed by atoms with Gasteiger partial charge in [0.1, 0.15) is 0 Å². The van der Waals surface area contributed by atoms with E-state index in [0.29, 0.717) is 0 Å². The number of hydrogen-bond donors (Lipinski definition) is 0. The van der Waals surface area contributed by atoms with Crippen LogP contribution in [0.5, 0.6) is 0 Å². The van der Waals surface area contributed by atoms with Crippen molar-refractivity contribution in [2.75, 3.05) is 17.3 Å². The van der Waals surface area contributed by atoms with Gasteiger partial charge >= 0.3 is 0 Å². The molecule has 0 N–H and O–H groups in total. The Bertz CT molecular complexity index is 209. The van der Waals surface area contributed by atoms with Crippen LogP contribution in [0.3, 0.4) is 0 Å². The van der Waals surface area contributed by atoms with E-state index in [2.05, 4.69) is 37.3 Å². The highest BCUT2D eigenvalue weighted by Gasteiger charge is 1.92. The Balaban J connectivity index is 2.07. The molecule has 1 aromatic carbocycles. The lowest BCUT2D eigenvalue weighted by Gasteiger charge is -2.00. The molecule has 0 saturated heterocycles. The molecule has 0 saturated carbocycles. The second-order valence-corrected chi connectivity index (χ2v) is 5.27. The van der Waals surface area contributed by atoms with Crippen LogP contribution < -0.4 is 0 Å². The Morgan fingerprint density at radius 2 is 1.85 bits per heavy atom. The predicted octanol–water partition coefficient (Wildman–Crippen LogP) is 3.92. The summed E-state index contributed by atoms with van der Waals surface area (Å²) >= 11 is 3.99. The highest BCUT2D eigenvalue weighted by atomic mass is 32.2. The molecule has 0 aliphatic rings. The molecule has 1 aromatic rings. The normalized spacial score (nSPS) is 10.2. The van der Waals surface area contributed by atoms with E-state index in [1.54, 1.807) is 0 Å². The van der Waals surface area contributed by atoms with Crippen LogP contribution in [0.2, 0.25) is 0 Å². The zero-order chi connectivity index (χ0) is 9.36. The fraction of sp³-hybridized carbons (Fsp3) is 0.455. The highest BCUT2D eigenvalue weighted by Crippen LogP contribution is 2.18. The topological polar surface area (TPSA) is 0 Å². The molecule has 1 rings (SSSR count). The second kappa shape index (κ2) is 7.34. The van der Waals surface area contributed by atoms with Gasteiger partial charge in [-0.05, 0) is 35.8 Å². The smallest absolute Gasteiger partial charge is 0.00719 e. The van der Waals surface area contributed by atoms with Gasteiger partial charge in [-0.15, -0.1) is 11.8 Å². The molecule has 0 amide bonds.